The van der Waals surface area contributed by atoms with E-state index in [1.165, 1.54) is 18.2 Å². The molecule has 1 aromatic heterocycles. The molecule has 0 aliphatic carbocycles. The molecule has 0 unspecified atom stereocenters. The lowest BCUT2D eigenvalue weighted by molar-refractivity contribution is -0.113. The molecule has 128 valence electrons. The molecule has 1 aromatic carbocycles. The number of aliphatic imine (C=N–C) groups is 1. The summed E-state index contributed by atoms with van der Waals surface area (Å²) in [4.78, 5) is 19.2. The van der Waals surface area contributed by atoms with Crippen LogP contribution in [0.25, 0.3) is 17.4 Å². The van der Waals surface area contributed by atoms with Gasteiger partial charge < -0.3 is 9.32 Å². The number of nitrogens with zero attached hydrogens (tertiary/aromatic N) is 2. The molecule has 3 heterocycles. The van der Waals surface area contributed by atoms with E-state index in [1.54, 1.807) is 6.08 Å². The molecule has 0 bridgehead atoms. The van der Waals surface area contributed by atoms with Gasteiger partial charge in [0, 0.05) is 29.8 Å². The Balaban J connectivity index is 1.51. The van der Waals surface area contributed by atoms with Crippen molar-refractivity contribution in [1.82, 2.24) is 4.90 Å². The van der Waals surface area contributed by atoms with Gasteiger partial charge in [-0.15, -0.1) is 0 Å². The van der Waals surface area contributed by atoms with Crippen molar-refractivity contribution >= 4 is 40.5 Å². The molecule has 1 amide bonds. The van der Waals surface area contributed by atoms with Gasteiger partial charge in [0.15, 0.2) is 5.17 Å². The third-order valence-corrected chi connectivity index (χ3v) is 5.52. The molecule has 2 aliphatic rings. The number of hydrogen-bond donors (Lipinski definition) is 0. The van der Waals surface area contributed by atoms with Crippen LogP contribution in [0.3, 0.4) is 0 Å². The Bertz CT molecular complexity index is 866. The molecule has 4 rings (SSSR count). The lowest BCUT2D eigenvalue weighted by atomic mass is 10.1. The molecular weight excluding hydrogens is 356 g/mol. The summed E-state index contributed by atoms with van der Waals surface area (Å²) in [7, 11) is 0. The Morgan fingerprint density at radius 3 is 2.80 bits per heavy atom. The summed E-state index contributed by atoms with van der Waals surface area (Å²) in [5.74, 6) is 1.18. The zero-order valence-electron chi connectivity index (χ0n) is 13.6. The zero-order valence-corrected chi connectivity index (χ0v) is 15.1. The first-order chi connectivity index (χ1) is 12.2. The Morgan fingerprint density at radius 2 is 2.00 bits per heavy atom. The van der Waals surface area contributed by atoms with Crippen LogP contribution < -0.4 is 0 Å². The molecule has 0 radical (unpaired) electrons. The van der Waals surface area contributed by atoms with Crippen LogP contribution in [0, 0.1) is 0 Å². The first-order valence-corrected chi connectivity index (χ1v) is 9.52. The number of halogens is 1. The number of thioether (sulfide) groups is 1. The predicted octanol–water partition coefficient (Wildman–Crippen LogP) is 5.06. The fourth-order valence-electron chi connectivity index (χ4n) is 2.97. The number of rotatable bonds is 2. The van der Waals surface area contributed by atoms with E-state index in [1.807, 2.05) is 36.4 Å². The Kier molecular flexibility index (Phi) is 4.68. The minimum absolute atomic E-state index is 0.189. The van der Waals surface area contributed by atoms with E-state index in [0.29, 0.717) is 15.7 Å². The number of amidine groups is 1. The van der Waals surface area contributed by atoms with Crippen LogP contribution in [0.1, 0.15) is 25.0 Å². The van der Waals surface area contributed by atoms with Crippen molar-refractivity contribution in [3.8, 4) is 11.3 Å². The maximum absolute atomic E-state index is 12.2. The number of likely N-dealkylation sites (tertiary alicyclic amines) is 1. The summed E-state index contributed by atoms with van der Waals surface area (Å²) < 4.78 is 5.85. The number of furan rings is 1. The van der Waals surface area contributed by atoms with Gasteiger partial charge in [-0.05, 0) is 55.3 Å². The Labute approximate surface area is 155 Å². The lowest BCUT2D eigenvalue weighted by Gasteiger charge is -2.27. The second-order valence-electron chi connectivity index (χ2n) is 6.07. The minimum atomic E-state index is -0.189. The van der Waals surface area contributed by atoms with Crippen LogP contribution in [-0.4, -0.2) is 29.1 Å². The summed E-state index contributed by atoms with van der Waals surface area (Å²) in [5.41, 5.74) is 0.910. The van der Waals surface area contributed by atoms with Gasteiger partial charge in [-0.2, -0.15) is 4.99 Å². The number of carbonyl (C=O) groups excluding carboxylic acids is 1. The highest BCUT2D eigenvalue weighted by Crippen LogP contribution is 2.33. The molecular formula is C19H17ClN2O2S. The number of benzene rings is 1. The van der Waals surface area contributed by atoms with E-state index < -0.39 is 0 Å². The molecule has 6 heteroatoms. The van der Waals surface area contributed by atoms with Crippen molar-refractivity contribution in [2.45, 2.75) is 19.3 Å². The van der Waals surface area contributed by atoms with Gasteiger partial charge in [0.05, 0.1) is 4.91 Å². The topological polar surface area (TPSA) is 45.8 Å². The predicted molar refractivity (Wildman–Crippen MR) is 103 cm³/mol. The van der Waals surface area contributed by atoms with Crippen molar-refractivity contribution in [3.05, 3.63) is 52.1 Å². The molecule has 0 spiro atoms. The molecule has 4 nitrogen and oxygen atoms in total. The molecule has 2 aliphatic heterocycles. The quantitative estimate of drug-likeness (QED) is 0.691. The largest absolute Gasteiger partial charge is 0.457 e. The second-order valence-corrected chi connectivity index (χ2v) is 7.52. The maximum atomic E-state index is 12.2. The van der Waals surface area contributed by atoms with Crippen molar-refractivity contribution in [2.24, 2.45) is 4.99 Å². The van der Waals surface area contributed by atoms with Gasteiger partial charge in [-0.3, -0.25) is 4.79 Å². The van der Waals surface area contributed by atoms with Gasteiger partial charge >= 0.3 is 0 Å². The molecule has 1 saturated heterocycles. The summed E-state index contributed by atoms with van der Waals surface area (Å²) in [5, 5.41) is 1.48. The minimum Gasteiger partial charge on any atom is -0.457 e. The maximum Gasteiger partial charge on any atom is 0.286 e. The van der Waals surface area contributed by atoms with Gasteiger partial charge in [-0.25, -0.2) is 0 Å². The van der Waals surface area contributed by atoms with Crippen molar-refractivity contribution in [3.63, 3.8) is 0 Å². The van der Waals surface area contributed by atoms with E-state index in [-0.39, 0.29) is 5.91 Å². The van der Waals surface area contributed by atoms with Crippen LogP contribution in [0.5, 0.6) is 0 Å². The third-order valence-electron chi connectivity index (χ3n) is 4.25. The van der Waals surface area contributed by atoms with Crippen molar-refractivity contribution in [2.75, 3.05) is 13.1 Å². The average Bonchev–Trinajstić information content (AvgIpc) is 3.24. The molecule has 0 saturated carbocycles. The SMILES string of the molecule is O=C1N=C(N2CCCCC2)SC1=Cc1ccc(-c2cccc(Cl)c2)o1. The Morgan fingerprint density at radius 1 is 1.16 bits per heavy atom. The average molecular weight is 373 g/mol. The third kappa shape index (κ3) is 3.67. The number of piperidine rings is 1. The first-order valence-electron chi connectivity index (χ1n) is 8.32. The van der Waals surface area contributed by atoms with E-state index in [4.69, 9.17) is 16.0 Å². The molecule has 2 aromatic rings. The smallest absolute Gasteiger partial charge is 0.286 e. The van der Waals surface area contributed by atoms with Gasteiger partial charge in [-0.1, -0.05) is 23.7 Å². The summed E-state index contributed by atoms with van der Waals surface area (Å²) in [6, 6.07) is 11.2. The van der Waals surface area contributed by atoms with Crippen molar-refractivity contribution in [1.29, 1.82) is 0 Å². The van der Waals surface area contributed by atoms with Crippen molar-refractivity contribution < 1.29 is 9.21 Å². The highest BCUT2D eigenvalue weighted by Gasteiger charge is 2.27. The fraction of sp³-hybridized carbons (Fsp3) is 0.263. The van der Waals surface area contributed by atoms with Crippen LogP contribution >= 0.6 is 23.4 Å². The number of hydrogen-bond acceptors (Lipinski definition) is 4. The second kappa shape index (κ2) is 7.10. The monoisotopic (exact) mass is 372 g/mol. The fourth-order valence-corrected chi connectivity index (χ4v) is 4.11. The molecule has 1 fully saturated rings. The summed E-state index contributed by atoms with van der Waals surface area (Å²) >= 11 is 7.46. The Hall–Kier alpha value is -1.98. The molecule has 0 N–H and O–H groups in total. The van der Waals surface area contributed by atoms with Crippen LogP contribution in [0.15, 0.2) is 50.7 Å². The standard InChI is InChI=1S/C19H17ClN2O2S/c20-14-6-4-5-13(11-14)16-8-7-15(24-16)12-17-18(23)21-19(25-17)22-9-2-1-3-10-22/h4-8,11-12H,1-3,9-10H2. The van der Waals surface area contributed by atoms with E-state index in [9.17, 15) is 4.79 Å². The number of carbonyl (C=O) groups is 1. The van der Waals surface area contributed by atoms with Gasteiger partial charge in [0.1, 0.15) is 11.5 Å². The normalized spacial score (nSPS) is 19.6. The van der Waals surface area contributed by atoms with Gasteiger partial charge in [0.2, 0.25) is 0 Å². The number of amides is 1. The highest BCUT2D eigenvalue weighted by atomic mass is 35.5. The summed E-state index contributed by atoms with van der Waals surface area (Å²) in [6.07, 6.45) is 5.34. The zero-order chi connectivity index (χ0) is 17.2. The van der Waals surface area contributed by atoms with E-state index >= 15 is 0 Å². The lowest BCUT2D eigenvalue weighted by Crippen LogP contribution is -2.33. The van der Waals surface area contributed by atoms with Crippen LogP contribution in [-0.2, 0) is 4.79 Å². The first kappa shape index (κ1) is 16.5. The van der Waals surface area contributed by atoms with Crippen LogP contribution in [0.4, 0.5) is 0 Å². The van der Waals surface area contributed by atoms with E-state index in [0.717, 1.165) is 42.4 Å². The molecule has 0 atom stereocenters. The summed E-state index contributed by atoms with van der Waals surface area (Å²) in [6.45, 7) is 1.96. The molecule has 25 heavy (non-hydrogen) atoms. The van der Waals surface area contributed by atoms with E-state index in [2.05, 4.69) is 9.89 Å². The van der Waals surface area contributed by atoms with Gasteiger partial charge in [0.25, 0.3) is 5.91 Å². The van der Waals surface area contributed by atoms with Crippen LogP contribution in [0.2, 0.25) is 5.02 Å². The highest BCUT2D eigenvalue weighted by molar-refractivity contribution is 8.18.